The first-order valence-corrected chi connectivity index (χ1v) is 14.5. The van der Waals surface area contributed by atoms with Gasteiger partial charge in [-0.2, -0.15) is 0 Å². The summed E-state index contributed by atoms with van der Waals surface area (Å²) in [5, 5.41) is 15.6. The molecule has 0 radical (unpaired) electrons. The molecule has 3 aliphatic heterocycles. The van der Waals surface area contributed by atoms with E-state index in [1.165, 1.54) is 0 Å². The molecule has 3 N–H and O–H groups in total. The van der Waals surface area contributed by atoms with Gasteiger partial charge in [-0.05, 0) is 43.4 Å². The lowest BCUT2D eigenvalue weighted by Crippen LogP contribution is -2.53. The van der Waals surface area contributed by atoms with E-state index in [1.807, 2.05) is 62.4 Å². The van der Waals surface area contributed by atoms with Crippen molar-refractivity contribution < 1.29 is 19.5 Å². The van der Waals surface area contributed by atoms with Crippen molar-refractivity contribution in [3.05, 3.63) is 65.2 Å². The fraction of sp³-hybridized carbons (Fsp3) is 0.464. The quantitative estimate of drug-likeness (QED) is 0.412. The molecule has 1 spiro atoms. The Balaban J connectivity index is 1.46. The van der Waals surface area contributed by atoms with Gasteiger partial charge in [0.25, 0.3) is 0 Å². The van der Waals surface area contributed by atoms with E-state index in [2.05, 4.69) is 26.6 Å². The van der Waals surface area contributed by atoms with Crippen molar-refractivity contribution in [2.45, 2.75) is 54.1 Å². The van der Waals surface area contributed by atoms with Gasteiger partial charge in [-0.15, -0.1) is 11.8 Å². The molecule has 196 valence electrons. The van der Waals surface area contributed by atoms with Crippen molar-refractivity contribution in [2.75, 3.05) is 18.5 Å². The molecule has 0 aliphatic carbocycles. The summed E-state index contributed by atoms with van der Waals surface area (Å²) in [5.74, 6) is -1.66. The van der Waals surface area contributed by atoms with Crippen molar-refractivity contribution >= 4 is 51.1 Å². The van der Waals surface area contributed by atoms with Gasteiger partial charge in [-0.1, -0.05) is 64.5 Å². The third-order valence-corrected chi connectivity index (χ3v) is 11.2. The molecule has 3 fully saturated rings. The Labute approximate surface area is 229 Å². The lowest BCUT2D eigenvalue weighted by molar-refractivity contribution is -0.139. The number of thioether (sulfide) groups is 1. The summed E-state index contributed by atoms with van der Waals surface area (Å²) in [7, 11) is 0. The van der Waals surface area contributed by atoms with Crippen molar-refractivity contribution in [3.63, 3.8) is 0 Å². The zero-order valence-corrected chi connectivity index (χ0v) is 23.3. The van der Waals surface area contributed by atoms with Gasteiger partial charge in [-0.3, -0.25) is 14.4 Å². The molecular weight excluding hydrogens is 554 g/mol. The summed E-state index contributed by atoms with van der Waals surface area (Å²) in [6.07, 6.45) is 1.00. The van der Waals surface area contributed by atoms with Gasteiger partial charge in [-0.25, -0.2) is 0 Å². The molecule has 0 saturated carbocycles. The number of carbonyl (C=O) groups is 3. The Morgan fingerprint density at radius 2 is 1.81 bits per heavy atom. The molecule has 3 saturated heterocycles. The number of likely N-dealkylation sites (tertiary alicyclic amines) is 1. The molecule has 0 aromatic heterocycles. The topological polar surface area (TPSA) is 98.7 Å². The zero-order chi connectivity index (χ0) is 26.3. The van der Waals surface area contributed by atoms with E-state index >= 15 is 0 Å². The summed E-state index contributed by atoms with van der Waals surface area (Å²) in [6, 6.07) is 14.8. The highest BCUT2D eigenvalue weighted by molar-refractivity contribution is 9.09. The second-order valence-electron chi connectivity index (χ2n) is 10.2. The molecule has 3 unspecified atom stereocenters. The first kappa shape index (κ1) is 26.3. The highest BCUT2D eigenvalue weighted by atomic mass is 79.9. The van der Waals surface area contributed by atoms with Gasteiger partial charge in [0.15, 0.2) is 0 Å². The van der Waals surface area contributed by atoms with Crippen LogP contribution in [0.5, 0.6) is 0 Å². The second kappa shape index (κ2) is 10.4. The summed E-state index contributed by atoms with van der Waals surface area (Å²) >= 11 is 5.41. The van der Waals surface area contributed by atoms with Crippen LogP contribution in [-0.2, 0) is 20.9 Å². The molecule has 3 amide bonds. The lowest BCUT2D eigenvalue weighted by Gasteiger charge is -2.35. The molecular formula is C28H32BrN3O4S. The van der Waals surface area contributed by atoms with E-state index in [0.717, 1.165) is 22.4 Å². The normalized spacial score (nSPS) is 29.9. The number of aliphatic hydroxyl groups excluding tert-OH is 1. The Hall–Kier alpha value is -2.36. The molecule has 5 rings (SSSR count). The highest BCUT2D eigenvalue weighted by Gasteiger charge is 2.75. The summed E-state index contributed by atoms with van der Waals surface area (Å²) < 4.78 is -0.708. The predicted octanol–water partition coefficient (Wildman–Crippen LogP) is 3.41. The predicted molar refractivity (Wildman–Crippen MR) is 148 cm³/mol. The molecule has 3 aliphatic rings. The van der Waals surface area contributed by atoms with Crippen molar-refractivity contribution in [2.24, 2.45) is 11.8 Å². The number of para-hydroxylation sites is 1. The van der Waals surface area contributed by atoms with Crippen molar-refractivity contribution in [1.82, 2.24) is 10.2 Å². The van der Waals surface area contributed by atoms with E-state index in [-0.39, 0.29) is 41.0 Å². The fourth-order valence-electron chi connectivity index (χ4n) is 6.32. The minimum absolute atomic E-state index is 0.0160. The van der Waals surface area contributed by atoms with Crippen LogP contribution < -0.4 is 10.6 Å². The number of alkyl halides is 1. The third kappa shape index (κ3) is 4.49. The minimum Gasteiger partial charge on any atom is -0.396 e. The largest absolute Gasteiger partial charge is 0.396 e. The molecule has 37 heavy (non-hydrogen) atoms. The summed E-state index contributed by atoms with van der Waals surface area (Å²) in [6.45, 7) is 4.48. The number of benzene rings is 2. The van der Waals surface area contributed by atoms with Crippen LogP contribution in [0.1, 0.15) is 29.5 Å². The Morgan fingerprint density at radius 3 is 2.49 bits per heavy atom. The number of aryl methyl sites for hydroxylation is 2. The number of amides is 3. The molecule has 2 bridgehead atoms. The van der Waals surface area contributed by atoms with Gasteiger partial charge in [0.05, 0.1) is 16.6 Å². The maximum atomic E-state index is 14.0. The molecule has 3 heterocycles. The van der Waals surface area contributed by atoms with Gasteiger partial charge < -0.3 is 20.6 Å². The van der Waals surface area contributed by atoms with Crippen LogP contribution in [0.3, 0.4) is 0 Å². The van der Waals surface area contributed by atoms with Crippen LogP contribution in [0, 0.1) is 25.7 Å². The zero-order valence-electron chi connectivity index (χ0n) is 20.9. The number of hydrogen-bond acceptors (Lipinski definition) is 5. The molecule has 6 atom stereocenters. The summed E-state index contributed by atoms with van der Waals surface area (Å²) in [4.78, 5) is 43.1. The molecule has 2 aromatic rings. The number of halogens is 1. The Bertz CT molecular complexity index is 1190. The number of nitrogens with one attached hydrogen (secondary N) is 2. The minimum atomic E-state index is -0.725. The van der Waals surface area contributed by atoms with Crippen LogP contribution in [0.15, 0.2) is 48.5 Å². The van der Waals surface area contributed by atoms with Crippen LogP contribution in [-0.4, -0.2) is 61.7 Å². The van der Waals surface area contributed by atoms with Gasteiger partial charge >= 0.3 is 0 Å². The second-order valence-corrected chi connectivity index (χ2v) is 12.9. The number of rotatable bonds is 8. The van der Waals surface area contributed by atoms with Crippen molar-refractivity contribution in [1.29, 1.82) is 0 Å². The smallest absolute Gasteiger partial charge is 0.248 e. The molecule has 2 aromatic carbocycles. The van der Waals surface area contributed by atoms with Crippen molar-refractivity contribution in [3.8, 4) is 0 Å². The Morgan fingerprint density at radius 1 is 1.11 bits per heavy atom. The fourth-order valence-corrected chi connectivity index (χ4v) is 9.93. The molecule has 9 heteroatoms. The number of fused-ring (bicyclic) bond motifs is 1. The number of nitrogens with zero attached hydrogens (tertiary/aromatic N) is 1. The van der Waals surface area contributed by atoms with Crippen LogP contribution >= 0.6 is 27.7 Å². The molecule has 7 nitrogen and oxygen atoms in total. The monoisotopic (exact) mass is 585 g/mol. The van der Waals surface area contributed by atoms with E-state index in [9.17, 15) is 19.5 Å². The highest BCUT2D eigenvalue weighted by Crippen LogP contribution is 2.67. The number of aliphatic hydroxyl groups is 1. The SMILES string of the molecule is Cc1cccc(C)c1NC(=O)C1N(CCCO)C(=O)[C@@H]2[C@@H](C(=O)NCc3ccccc3)[C@@H]3SC12CC3Br. The van der Waals surface area contributed by atoms with Gasteiger partial charge in [0.1, 0.15) is 6.04 Å². The average molecular weight is 587 g/mol. The van der Waals surface area contributed by atoms with E-state index in [0.29, 0.717) is 19.4 Å². The van der Waals surface area contributed by atoms with E-state index in [1.54, 1.807) is 16.7 Å². The summed E-state index contributed by atoms with van der Waals surface area (Å²) in [5.41, 5.74) is 3.65. The first-order valence-electron chi connectivity index (χ1n) is 12.7. The van der Waals surface area contributed by atoms with E-state index < -0.39 is 22.6 Å². The van der Waals surface area contributed by atoms with Crippen LogP contribution in [0.2, 0.25) is 0 Å². The first-order chi connectivity index (χ1) is 17.8. The average Bonchev–Trinajstić information content (AvgIpc) is 3.47. The Kier molecular flexibility index (Phi) is 7.40. The lowest BCUT2D eigenvalue weighted by atomic mass is 9.70. The van der Waals surface area contributed by atoms with Gasteiger partial charge in [0, 0.05) is 35.5 Å². The van der Waals surface area contributed by atoms with Crippen LogP contribution in [0.25, 0.3) is 0 Å². The maximum Gasteiger partial charge on any atom is 0.248 e. The van der Waals surface area contributed by atoms with Gasteiger partial charge in [0.2, 0.25) is 17.7 Å². The third-order valence-electron chi connectivity index (χ3n) is 7.94. The number of carbonyl (C=O) groups excluding carboxylic acids is 3. The maximum absolute atomic E-state index is 14.0. The van der Waals surface area contributed by atoms with E-state index in [4.69, 9.17) is 0 Å². The number of anilines is 1. The standard InChI is InChI=1S/C28H32BrN3O4S/c1-16-8-6-9-17(2)22(16)31-26(35)24-28-14-19(29)23(37-28)20(21(28)27(36)32(24)12-7-13-33)25(34)30-15-18-10-4-3-5-11-18/h3-6,8-11,19-21,23-24,33H,7,12-15H2,1-2H3,(H,30,34)(H,31,35)/t19?,20-,21+,23-,24?,28?/m1/s1. The van der Waals surface area contributed by atoms with Crippen LogP contribution in [0.4, 0.5) is 5.69 Å². The number of hydrogen-bond donors (Lipinski definition) is 3.